The monoisotopic (exact) mass is 438 g/mol. The van der Waals surface area contributed by atoms with Gasteiger partial charge in [0.25, 0.3) is 0 Å². The number of nitrogens with zero attached hydrogens (tertiary/aromatic N) is 3. The third-order valence-electron chi connectivity index (χ3n) is 5.28. The number of carbonyl (C=O) groups excluding carboxylic acids is 1. The fourth-order valence-electron chi connectivity index (χ4n) is 3.62. The molecule has 0 aliphatic carbocycles. The summed E-state index contributed by atoms with van der Waals surface area (Å²) in [7, 11) is 1.57. The highest BCUT2D eigenvalue weighted by Gasteiger charge is 2.21. The van der Waals surface area contributed by atoms with E-state index in [1.165, 1.54) is 24.5 Å². The maximum Gasteiger partial charge on any atom is 0.166 e. The summed E-state index contributed by atoms with van der Waals surface area (Å²) in [5.41, 5.74) is 1.08. The zero-order valence-electron chi connectivity index (χ0n) is 17.5. The van der Waals surface area contributed by atoms with Gasteiger partial charge in [-0.1, -0.05) is 0 Å². The Bertz CT molecular complexity index is 1150. The SMILES string of the molecule is COc1cc2ncnc(Nc3ccc(O)c(F)c3)c2cc1OC1CCN(C=CC=O)CC1. The van der Waals surface area contributed by atoms with E-state index >= 15 is 0 Å². The number of anilines is 2. The van der Waals surface area contributed by atoms with Crippen LogP contribution in [0.5, 0.6) is 17.2 Å². The number of nitrogens with one attached hydrogen (secondary N) is 1. The number of piperidine rings is 1. The quantitative estimate of drug-likeness (QED) is 0.327. The zero-order chi connectivity index (χ0) is 22.5. The van der Waals surface area contributed by atoms with Gasteiger partial charge in [0.2, 0.25) is 0 Å². The number of hydrogen-bond donors (Lipinski definition) is 2. The lowest BCUT2D eigenvalue weighted by Gasteiger charge is -2.31. The van der Waals surface area contributed by atoms with Gasteiger partial charge < -0.3 is 24.8 Å². The molecule has 166 valence electrons. The van der Waals surface area contributed by atoms with Crippen LogP contribution in [0, 0.1) is 5.82 Å². The smallest absolute Gasteiger partial charge is 0.166 e. The highest BCUT2D eigenvalue weighted by atomic mass is 19.1. The third-order valence-corrected chi connectivity index (χ3v) is 5.28. The van der Waals surface area contributed by atoms with Crippen LogP contribution >= 0.6 is 0 Å². The fraction of sp³-hybridized carbons (Fsp3) is 0.261. The van der Waals surface area contributed by atoms with Gasteiger partial charge in [-0.15, -0.1) is 0 Å². The zero-order valence-corrected chi connectivity index (χ0v) is 17.5. The second-order valence-corrected chi connectivity index (χ2v) is 7.36. The normalized spacial score (nSPS) is 14.6. The summed E-state index contributed by atoms with van der Waals surface area (Å²) in [6, 6.07) is 7.61. The van der Waals surface area contributed by atoms with Crippen molar-refractivity contribution >= 4 is 28.7 Å². The summed E-state index contributed by atoms with van der Waals surface area (Å²) in [5, 5.41) is 13.2. The first-order valence-corrected chi connectivity index (χ1v) is 10.2. The molecule has 2 heterocycles. The number of phenols is 1. The average molecular weight is 438 g/mol. The molecule has 1 saturated heterocycles. The fourth-order valence-corrected chi connectivity index (χ4v) is 3.62. The van der Waals surface area contributed by atoms with Crippen molar-refractivity contribution in [3.05, 3.63) is 54.8 Å². The molecule has 0 radical (unpaired) electrons. The maximum absolute atomic E-state index is 13.7. The molecule has 0 saturated carbocycles. The van der Waals surface area contributed by atoms with Crippen molar-refractivity contribution in [2.75, 3.05) is 25.5 Å². The molecule has 0 amide bonds. The van der Waals surface area contributed by atoms with Crippen LogP contribution < -0.4 is 14.8 Å². The molecule has 0 bridgehead atoms. The first-order valence-electron chi connectivity index (χ1n) is 10.2. The van der Waals surface area contributed by atoms with Gasteiger partial charge in [-0.25, -0.2) is 14.4 Å². The predicted molar refractivity (Wildman–Crippen MR) is 118 cm³/mol. The highest BCUT2D eigenvalue weighted by Crippen LogP contribution is 2.36. The van der Waals surface area contributed by atoms with Crippen molar-refractivity contribution in [1.29, 1.82) is 0 Å². The van der Waals surface area contributed by atoms with Crippen LogP contribution in [0.15, 0.2) is 48.9 Å². The van der Waals surface area contributed by atoms with E-state index in [0.717, 1.165) is 32.2 Å². The summed E-state index contributed by atoms with van der Waals surface area (Å²) in [5.74, 6) is 0.448. The van der Waals surface area contributed by atoms with Crippen LogP contribution in [0.4, 0.5) is 15.9 Å². The van der Waals surface area contributed by atoms with E-state index in [1.54, 1.807) is 25.4 Å². The molecule has 1 aromatic heterocycles. The summed E-state index contributed by atoms with van der Waals surface area (Å²) < 4.78 is 25.5. The third kappa shape index (κ3) is 4.72. The van der Waals surface area contributed by atoms with Crippen molar-refractivity contribution in [2.24, 2.45) is 0 Å². The minimum atomic E-state index is -0.728. The van der Waals surface area contributed by atoms with Gasteiger partial charge in [-0.2, -0.15) is 0 Å². The molecule has 4 rings (SSSR count). The Morgan fingerprint density at radius 1 is 1.19 bits per heavy atom. The number of rotatable bonds is 7. The van der Waals surface area contributed by atoms with Crippen LogP contribution in [0.1, 0.15) is 12.8 Å². The Balaban J connectivity index is 1.59. The van der Waals surface area contributed by atoms with E-state index in [4.69, 9.17) is 9.47 Å². The lowest BCUT2D eigenvalue weighted by atomic mass is 10.1. The summed E-state index contributed by atoms with van der Waals surface area (Å²) >= 11 is 0. The highest BCUT2D eigenvalue weighted by molar-refractivity contribution is 5.93. The van der Waals surface area contributed by atoms with Crippen LogP contribution in [0.25, 0.3) is 10.9 Å². The van der Waals surface area contributed by atoms with Gasteiger partial charge in [0, 0.05) is 55.3 Å². The number of aldehydes is 1. The molecule has 0 atom stereocenters. The van der Waals surface area contributed by atoms with Gasteiger partial charge >= 0.3 is 0 Å². The molecule has 32 heavy (non-hydrogen) atoms. The van der Waals surface area contributed by atoms with E-state index in [0.29, 0.717) is 33.9 Å². The first kappa shape index (κ1) is 21.4. The molecule has 1 aliphatic rings. The molecular formula is C23H23FN4O4. The molecule has 9 heteroatoms. The number of hydrogen-bond acceptors (Lipinski definition) is 8. The molecule has 1 aliphatic heterocycles. The van der Waals surface area contributed by atoms with E-state index in [9.17, 15) is 14.3 Å². The van der Waals surface area contributed by atoms with Gasteiger partial charge in [0.05, 0.1) is 12.6 Å². The topological polar surface area (TPSA) is 96.8 Å². The van der Waals surface area contributed by atoms with Crippen LogP contribution in [0.2, 0.25) is 0 Å². The van der Waals surface area contributed by atoms with Crippen molar-refractivity contribution in [3.63, 3.8) is 0 Å². The second kappa shape index (κ2) is 9.51. The van der Waals surface area contributed by atoms with Gasteiger partial charge in [0.1, 0.15) is 24.5 Å². The number of ether oxygens (including phenoxy) is 2. The van der Waals surface area contributed by atoms with Crippen LogP contribution in [0.3, 0.4) is 0 Å². The van der Waals surface area contributed by atoms with Crippen LogP contribution in [-0.2, 0) is 4.79 Å². The van der Waals surface area contributed by atoms with Crippen molar-refractivity contribution in [2.45, 2.75) is 18.9 Å². The van der Waals surface area contributed by atoms with E-state index in [-0.39, 0.29) is 6.10 Å². The largest absolute Gasteiger partial charge is 0.505 e. The number of fused-ring (bicyclic) bond motifs is 1. The summed E-state index contributed by atoms with van der Waals surface area (Å²) in [4.78, 5) is 21.2. The molecule has 0 unspecified atom stereocenters. The molecular weight excluding hydrogens is 415 g/mol. The Morgan fingerprint density at radius 2 is 2.00 bits per heavy atom. The maximum atomic E-state index is 13.7. The Hall–Kier alpha value is -3.88. The van der Waals surface area contributed by atoms with Crippen molar-refractivity contribution < 1.29 is 23.8 Å². The molecule has 2 aromatic carbocycles. The van der Waals surface area contributed by atoms with Crippen LogP contribution in [-0.4, -0.2) is 52.6 Å². The molecule has 0 spiro atoms. The van der Waals surface area contributed by atoms with E-state index in [1.807, 2.05) is 6.07 Å². The number of allylic oxidation sites excluding steroid dienone is 1. The van der Waals surface area contributed by atoms with Gasteiger partial charge in [-0.3, -0.25) is 4.79 Å². The second-order valence-electron chi connectivity index (χ2n) is 7.36. The average Bonchev–Trinajstić information content (AvgIpc) is 2.81. The number of halogens is 1. The Labute approximate surface area is 184 Å². The summed E-state index contributed by atoms with van der Waals surface area (Å²) in [6.07, 6.45) is 7.05. The number of aromatic nitrogens is 2. The Kier molecular flexibility index (Phi) is 6.34. The minimum absolute atomic E-state index is 0.00512. The predicted octanol–water partition coefficient (Wildman–Crippen LogP) is 3.78. The number of carbonyl (C=O) groups is 1. The van der Waals surface area contributed by atoms with Crippen molar-refractivity contribution in [3.8, 4) is 17.2 Å². The number of phenolic OH excluding ortho intramolecular Hbond substituents is 1. The number of aromatic hydroxyl groups is 1. The Morgan fingerprint density at radius 3 is 2.72 bits per heavy atom. The minimum Gasteiger partial charge on any atom is -0.505 e. The lowest BCUT2D eigenvalue weighted by molar-refractivity contribution is -0.104. The first-order chi connectivity index (χ1) is 15.6. The summed E-state index contributed by atoms with van der Waals surface area (Å²) in [6.45, 7) is 1.57. The number of likely N-dealkylation sites (tertiary alicyclic amines) is 1. The molecule has 2 N–H and O–H groups in total. The molecule has 1 fully saturated rings. The lowest BCUT2D eigenvalue weighted by Crippen LogP contribution is -2.35. The van der Waals surface area contributed by atoms with Gasteiger partial charge in [0.15, 0.2) is 23.1 Å². The molecule has 3 aromatic rings. The number of benzene rings is 2. The van der Waals surface area contributed by atoms with Crippen molar-refractivity contribution in [1.82, 2.24) is 14.9 Å². The van der Waals surface area contributed by atoms with Gasteiger partial charge in [-0.05, 0) is 24.3 Å². The van der Waals surface area contributed by atoms with E-state index in [2.05, 4.69) is 20.2 Å². The van der Waals surface area contributed by atoms with E-state index < -0.39 is 11.6 Å². The number of methoxy groups -OCH3 is 1. The standard InChI is InChI=1S/C23H23FN4O4/c1-31-21-13-19-17(12-22(21)32-16-5-8-28(9-6-16)7-2-10-29)23(26-14-25-19)27-15-3-4-20(30)18(24)11-15/h2-4,7,10-14,16,30H,5-6,8-9H2,1H3,(H,25,26,27). The molecule has 8 nitrogen and oxygen atoms in total.